The molecule has 0 aromatic carbocycles. The minimum absolute atomic E-state index is 0.151. The van der Waals surface area contributed by atoms with Crippen LogP contribution in [0.4, 0.5) is 13.2 Å². The number of hydrogen-bond acceptors (Lipinski definition) is 2. The van der Waals surface area contributed by atoms with Crippen molar-refractivity contribution >= 4 is 5.97 Å². The molecule has 0 aromatic rings. The Balaban J connectivity index is 2.66. The Labute approximate surface area is 96.6 Å². The van der Waals surface area contributed by atoms with E-state index in [4.69, 9.17) is 9.84 Å². The Bertz CT molecular complexity index is 367. The monoisotopic (exact) mass is 250 g/mol. The second kappa shape index (κ2) is 4.43. The van der Waals surface area contributed by atoms with Gasteiger partial charge >= 0.3 is 12.1 Å². The highest BCUT2D eigenvalue weighted by Gasteiger charge is 2.38. The van der Waals surface area contributed by atoms with E-state index in [1.165, 1.54) is 19.9 Å². The van der Waals surface area contributed by atoms with Crippen LogP contribution < -0.4 is 0 Å². The molecule has 1 aliphatic rings. The van der Waals surface area contributed by atoms with E-state index in [1.807, 2.05) is 0 Å². The summed E-state index contributed by atoms with van der Waals surface area (Å²) in [4.78, 5) is 10.8. The Morgan fingerprint density at radius 1 is 1.47 bits per heavy atom. The van der Waals surface area contributed by atoms with Gasteiger partial charge in [0.2, 0.25) is 0 Å². The van der Waals surface area contributed by atoms with E-state index in [-0.39, 0.29) is 12.2 Å². The summed E-state index contributed by atoms with van der Waals surface area (Å²) in [6.45, 7) is 2.67. The second-order valence-electron chi connectivity index (χ2n) is 4.27. The Kier molecular flexibility index (Phi) is 3.54. The molecule has 1 rings (SSSR count). The molecule has 0 aliphatic heterocycles. The van der Waals surface area contributed by atoms with Gasteiger partial charge in [0.1, 0.15) is 5.76 Å². The third-order valence-electron chi connectivity index (χ3n) is 2.37. The smallest absolute Gasteiger partial charge is 0.395 e. The summed E-state index contributed by atoms with van der Waals surface area (Å²) < 4.78 is 42.1. The van der Waals surface area contributed by atoms with Crippen LogP contribution in [0.15, 0.2) is 24.0 Å². The van der Waals surface area contributed by atoms with Gasteiger partial charge in [-0.15, -0.1) is 0 Å². The van der Waals surface area contributed by atoms with Gasteiger partial charge in [0.25, 0.3) is 0 Å². The Hall–Kier alpha value is -1.46. The topological polar surface area (TPSA) is 46.5 Å². The highest BCUT2D eigenvalue weighted by molar-refractivity contribution is 5.76. The number of allylic oxidation sites excluding steroid dienone is 3. The second-order valence-corrected chi connectivity index (χ2v) is 4.27. The number of aliphatic carboxylic acids is 1. The number of rotatable bonds is 3. The first-order valence-electron chi connectivity index (χ1n) is 5.00. The fraction of sp³-hybridized carbons (Fsp3) is 0.545. The summed E-state index contributed by atoms with van der Waals surface area (Å²) in [5, 5.41) is 8.80. The van der Waals surface area contributed by atoms with Crippen molar-refractivity contribution < 1.29 is 27.8 Å². The third-order valence-corrected chi connectivity index (χ3v) is 2.37. The molecular formula is C11H13F3O3. The number of carboxylic acid groups (broad SMARTS) is 1. The summed E-state index contributed by atoms with van der Waals surface area (Å²) in [6.07, 6.45) is -1.12. The van der Waals surface area contributed by atoms with Crippen molar-refractivity contribution in [3.63, 3.8) is 0 Å². The van der Waals surface area contributed by atoms with Gasteiger partial charge in [0.15, 0.2) is 5.60 Å². The molecule has 0 saturated carbocycles. The predicted octanol–water partition coefficient (Wildman–Crippen LogP) is 2.89. The van der Waals surface area contributed by atoms with Crippen molar-refractivity contribution in [1.29, 1.82) is 0 Å². The van der Waals surface area contributed by atoms with Gasteiger partial charge in [0, 0.05) is 0 Å². The van der Waals surface area contributed by atoms with E-state index < -0.39 is 23.7 Å². The van der Waals surface area contributed by atoms with Gasteiger partial charge in [-0.2, -0.15) is 13.2 Å². The first-order valence-corrected chi connectivity index (χ1v) is 5.00. The lowest BCUT2D eigenvalue weighted by Gasteiger charge is -2.25. The molecule has 0 amide bonds. The Morgan fingerprint density at radius 2 is 2.06 bits per heavy atom. The largest absolute Gasteiger partial charge is 0.478 e. The molecule has 0 radical (unpaired) electrons. The van der Waals surface area contributed by atoms with Crippen LogP contribution in [0.5, 0.6) is 0 Å². The third kappa shape index (κ3) is 3.51. The number of hydrogen-bond donors (Lipinski definition) is 1. The van der Waals surface area contributed by atoms with Crippen molar-refractivity contribution in [2.75, 3.05) is 0 Å². The molecule has 6 heteroatoms. The average molecular weight is 250 g/mol. The molecule has 96 valence electrons. The zero-order valence-electron chi connectivity index (χ0n) is 9.41. The normalized spacial score (nSPS) is 21.0. The molecule has 17 heavy (non-hydrogen) atoms. The van der Waals surface area contributed by atoms with E-state index in [0.717, 1.165) is 12.2 Å². The van der Waals surface area contributed by atoms with Crippen LogP contribution in [0.3, 0.4) is 0 Å². The highest BCUT2D eigenvalue weighted by Crippen LogP contribution is 2.33. The Morgan fingerprint density at radius 3 is 2.41 bits per heavy atom. The van der Waals surface area contributed by atoms with Crippen molar-refractivity contribution in [1.82, 2.24) is 0 Å². The summed E-state index contributed by atoms with van der Waals surface area (Å²) in [5.41, 5.74) is -1.46. The lowest BCUT2D eigenvalue weighted by atomic mass is 9.99. The van der Waals surface area contributed by atoms with Crippen LogP contribution >= 0.6 is 0 Å². The molecule has 1 N–H and O–H groups in total. The first kappa shape index (κ1) is 13.6. The fourth-order valence-electron chi connectivity index (χ4n) is 1.26. The van der Waals surface area contributed by atoms with Gasteiger partial charge in [-0.3, -0.25) is 0 Å². The molecule has 1 unspecified atom stereocenters. The number of carbonyl (C=O) groups is 1. The van der Waals surface area contributed by atoms with Gasteiger partial charge in [-0.25, -0.2) is 4.79 Å². The molecule has 1 atom stereocenters. The van der Waals surface area contributed by atoms with Gasteiger partial charge in [0.05, 0.1) is 5.92 Å². The number of carboxylic acids is 1. The van der Waals surface area contributed by atoms with Crippen molar-refractivity contribution in [2.24, 2.45) is 5.92 Å². The van der Waals surface area contributed by atoms with Crippen molar-refractivity contribution in [3.8, 4) is 0 Å². The lowest BCUT2D eigenvalue weighted by Crippen LogP contribution is -2.34. The quantitative estimate of drug-likeness (QED) is 0.837. The molecule has 0 saturated heterocycles. The van der Waals surface area contributed by atoms with Crippen molar-refractivity contribution in [2.45, 2.75) is 32.0 Å². The highest BCUT2D eigenvalue weighted by atomic mass is 19.4. The van der Waals surface area contributed by atoms with Crippen molar-refractivity contribution in [3.05, 3.63) is 24.0 Å². The van der Waals surface area contributed by atoms with E-state index in [2.05, 4.69) is 0 Å². The minimum atomic E-state index is -4.28. The standard InChI is InChI=1S/C11H13F3O3/c1-10(2,9(15)16)17-8-5-3-7(4-6-8)11(12,13)14/h3,5-7H,4H2,1-2H3,(H,15,16). The minimum Gasteiger partial charge on any atom is -0.478 e. The predicted molar refractivity (Wildman–Crippen MR) is 54.2 cm³/mol. The van der Waals surface area contributed by atoms with E-state index in [0.29, 0.717) is 0 Å². The SMILES string of the molecule is CC(C)(OC1=CCC(C(F)(F)F)C=C1)C(=O)O. The number of halogens is 3. The fourth-order valence-corrected chi connectivity index (χ4v) is 1.26. The van der Waals surface area contributed by atoms with Gasteiger partial charge in [-0.05, 0) is 32.4 Å². The molecule has 1 aliphatic carbocycles. The maximum absolute atomic E-state index is 12.3. The zero-order chi connectivity index (χ0) is 13.3. The van der Waals surface area contributed by atoms with Crippen LogP contribution in [0, 0.1) is 5.92 Å². The van der Waals surface area contributed by atoms with Crippen LogP contribution in [0.2, 0.25) is 0 Å². The molecule has 3 nitrogen and oxygen atoms in total. The molecule has 0 heterocycles. The molecule has 0 spiro atoms. The molecule has 0 fully saturated rings. The first-order chi connectivity index (χ1) is 7.63. The van der Waals surface area contributed by atoms with Crippen LogP contribution in [0.1, 0.15) is 20.3 Å². The molecular weight excluding hydrogens is 237 g/mol. The van der Waals surface area contributed by atoms with Gasteiger partial charge in [-0.1, -0.05) is 6.08 Å². The van der Waals surface area contributed by atoms with Gasteiger partial charge < -0.3 is 9.84 Å². The van der Waals surface area contributed by atoms with E-state index >= 15 is 0 Å². The van der Waals surface area contributed by atoms with Crippen LogP contribution in [0.25, 0.3) is 0 Å². The zero-order valence-corrected chi connectivity index (χ0v) is 9.41. The summed E-state index contributed by atoms with van der Waals surface area (Å²) in [7, 11) is 0. The summed E-state index contributed by atoms with van der Waals surface area (Å²) in [5.74, 6) is -2.55. The maximum Gasteiger partial charge on any atom is 0.395 e. The van der Waals surface area contributed by atoms with E-state index in [1.54, 1.807) is 0 Å². The average Bonchev–Trinajstić information content (AvgIpc) is 2.16. The van der Waals surface area contributed by atoms with Crippen LogP contribution in [-0.2, 0) is 9.53 Å². The summed E-state index contributed by atoms with van der Waals surface area (Å²) >= 11 is 0. The molecule has 0 aromatic heterocycles. The summed E-state index contributed by atoms with van der Waals surface area (Å²) in [6, 6.07) is 0. The van der Waals surface area contributed by atoms with Crippen LogP contribution in [-0.4, -0.2) is 22.9 Å². The number of ether oxygens (including phenoxy) is 1. The lowest BCUT2D eigenvalue weighted by molar-refractivity contribution is -0.162. The van der Waals surface area contributed by atoms with E-state index in [9.17, 15) is 18.0 Å². The number of alkyl halides is 3. The molecule has 0 bridgehead atoms. The maximum atomic E-state index is 12.3.